The Morgan fingerprint density at radius 3 is 2.55 bits per heavy atom. The third kappa shape index (κ3) is 3.49. The van der Waals surface area contributed by atoms with Crippen molar-refractivity contribution in [3.05, 3.63) is 17.5 Å². The maximum Gasteiger partial charge on any atom is 0.410 e. The summed E-state index contributed by atoms with van der Waals surface area (Å²) in [5, 5.41) is 4.19. The van der Waals surface area contributed by atoms with Crippen molar-refractivity contribution in [2.45, 2.75) is 65.5 Å². The Morgan fingerprint density at radius 1 is 1.35 bits per heavy atom. The molecule has 5 nitrogen and oxygen atoms in total. The molecule has 0 aromatic carbocycles. The molecule has 1 amide bonds. The molecule has 0 spiro atoms. The summed E-state index contributed by atoms with van der Waals surface area (Å²) in [6, 6.07) is 0. The molecular weight excluding hydrogens is 261 g/mol. The minimum absolute atomic E-state index is 0.185. The molecule has 0 atom stereocenters. The zero-order valence-corrected chi connectivity index (χ0v) is 12.7. The van der Waals surface area contributed by atoms with Crippen LogP contribution in [0.25, 0.3) is 0 Å². The van der Waals surface area contributed by atoms with Crippen molar-refractivity contribution in [1.29, 1.82) is 0 Å². The average molecular weight is 283 g/mol. The molecule has 0 bridgehead atoms. The fraction of sp³-hybridized carbons (Fsp3) is 0.714. The van der Waals surface area contributed by atoms with E-state index in [-0.39, 0.29) is 12.6 Å². The number of nitrogens with zero attached hydrogens (tertiary/aromatic N) is 3. The van der Waals surface area contributed by atoms with E-state index in [9.17, 15) is 9.18 Å². The molecule has 0 saturated heterocycles. The Morgan fingerprint density at radius 2 is 2.00 bits per heavy atom. The number of amides is 1. The van der Waals surface area contributed by atoms with Crippen molar-refractivity contribution < 1.29 is 13.9 Å². The van der Waals surface area contributed by atoms with Gasteiger partial charge >= 0.3 is 6.09 Å². The van der Waals surface area contributed by atoms with Crippen molar-refractivity contribution in [2.24, 2.45) is 0 Å². The molecule has 0 unspecified atom stereocenters. The minimum Gasteiger partial charge on any atom is -0.444 e. The molecule has 0 fully saturated rings. The zero-order valence-electron chi connectivity index (χ0n) is 12.7. The van der Waals surface area contributed by atoms with E-state index in [1.807, 2.05) is 20.8 Å². The lowest BCUT2D eigenvalue weighted by Crippen LogP contribution is -2.34. The van der Waals surface area contributed by atoms with Gasteiger partial charge in [0.2, 0.25) is 0 Å². The molecule has 1 aliphatic heterocycles. The normalized spacial score (nSPS) is 15.4. The molecule has 1 aromatic rings. The van der Waals surface area contributed by atoms with Crippen LogP contribution in [0, 0.1) is 0 Å². The highest BCUT2D eigenvalue weighted by molar-refractivity contribution is 5.69. The largest absolute Gasteiger partial charge is 0.444 e. The van der Waals surface area contributed by atoms with E-state index in [0.717, 1.165) is 11.3 Å². The fourth-order valence-corrected chi connectivity index (χ4v) is 2.15. The second-order valence-electron chi connectivity index (χ2n) is 6.83. The predicted molar refractivity (Wildman–Crippen MR) is 72.9 cm³/mol. The van der Waals surface area contributed by atoms with E-state index in [1.165, 1.54) is 13.8 Å². The molecule has 2 rings (SSSR count). The third-order valence-electron chi connectivity index (χ3n) is 2.91. The highest BCUT2D eigenvalue weighted by Gasteiger charge is 2.31. The van der Waals surface area contributed by atoms with Crippen molar-refractivity contribution >= 4 is 6.09 Å². The van der Waals surface area contributed by atoms with E-state index in [2.05, 4.69) is 5.10 Å². The number of hydrogen-bond acceptors (Lipinski definition) is 3. The molecule has 112 valence electrons. The van der Waals surface area contributed by atoms with Gasteiger partial charge in [-0.1, -0.05) is 0 Å². The van der Waals surface area contributed by atoms with Crippen LogP contribution in [0.3, 0.4) is 0 Å². The first-order valence-corrected chi connectivity index (χ1v) is 6.75. The summed E-state index contributed by atoms with van der Waals surface area (Å²) in [4.78, 5) is 13.6. The molecular formula is C14H22FN3O2. The standard InChI is InChI=1S/C14H22FN3O2/c1-13(2,3)20-12(19)17-7-10-6-16-18(11(10)8-17)9-14(4,5)15/h6H,7-9H2,1-5H3. The van der Waals surface area contributed by atoms with Crippen molar-refractivity contribution in [3.63, 3.8) is 0 Å². The molecule has 20 heavy (non-hydrogen) atoms. The number of ether oxygens (including phenoxy) is 1. The van der Waals surface area contributed by atoms with Crippen LogP contribution < -0.4 is 0 Å². The molecule has 1 aromatic heterocycles. The zero-order chi connectivity index (χ0) is 15.1. The van der Waals surface area contributed by atoms with Gasteiger partial charge in [-0.25, -0.2) is 9.18 Å². The number of aromatic nitrogens is 2. The number of fused-ring (bicyclic) bond motifs is 1. The van der Waals surface area contributed by atoms with E-state index in [0.29, 0.717) is 13.1 Å². The van der Waals surface area contributed by atoms with E-state index in [4.69, 9.17) is 4.74 Å². The lowest BCUT2D eigenvalue weighted by atomic mass is 10.2. The highest BCUT2D eigenvalue weighted by Crippen LogP contribution is 2.26. The number of halogens is 1. The van der Waals surface area contributed by atoms with Crippen LogP contribution in [0.4, 0.5) is 9.18 Å². The Bertz CT molecular complexity index is 511. The number of alkyl halides is 1. The topological polar surface area (TPSA) is 47.4 Å². The van der Waals surface area contributed by atoms with Crippen LogP contribution in [0.15, 0.2) is 6.20 Å². The monoisotopic (exact) mass is 283 g/mol. The van der Waals surface area contributed by atoms with Gasteiger partial charge in [-0.15, -0.1) is 0 Å². The van der Waals surface area contributed by atoms with Gasteiger partial charge in [0, 0.05) is 5.56 Å². The van der Waals surface area contributed by atoms with Gasteiger partial charge < -0.3 is 4.74 Å². The first kappa shape index (κ1) is 14.8. The summed E-state index contributed by atoms with van der Waals surface area (Å²) >= 11 is 0. The van der Waals surface area contributed by atoms with Crippen LogP contribution in [-0.2, 0) is 24.4 Å². The van der Waals surface area contributed by atoms with Crippen LogP contribution in [0.2, 0.25) is 0 Å². The third-order valence-corrected chi connectivity index (χ3v) is 2.91. The number of carbonyl (C=O) groups excluding carboxylic acids is 1. The van der Waals surface area contributed by atoms with Crippen LogP contribution in [-0.4, -0.2) is 32.0 Å². The fourth-order valence-electron chi connectivity index (χ4n) is 2.15. The Kier molecular flexibility index (Phi) is 3.52. The number of rotatable bonds is 2. The molecule has 0 radical (unpaired) electrons. The van der Waals surface area contributed by atoms with Crippen molar-refractivity contribution in [3.8, 4) is 0 Å². The molecule has 2 heterocycles. The van der Waals surface area contributed by atoms with Gasteiger partial charge in [-0.2, -0.15) is 5.10 Å². The Hall–Kier alpha value is -1.59. The first-order chi connectivity index (χ1) is 9.05. The number of hydrogen-bond donors (Lipinski definition) is 0. The number of carbonyl (C=O) groups is 1. The molecule has 6 heteroatoms. The van der Waals surface area contributed by atoms with Crippen molar-refractivity contribution in [2.75, 3.05) is 0 Å². The summed E-state index contributed by atoms with van der Waals surface area (Å²) in [5.74, 6) is 0. The Balaban J connectivity index is 2.07. The molecule has 0 N–H and O–H groups in total. The maximum atomic E-state index is 13.7. The molecule has 1 aliphatic rings. The van der Waals surface area contributed by atoms with Crippen LogP contribution in [0.1, 0.15) is 45.9 Å². The quantitative estimate of drug-likeness (QED) is 0.838. The molecule has 0 saturated carbocycles. The van der Waals surface area contributed by atoms with Crippen LogP contribution in [0.5, 0.6) is 0 Å². The van der Waals surface area contributed by atoms with E-state index in [1.54, 1.807) is 15.8 Å². The van der Waals surface area contributed by atoms with E-state index >= 15 is 0 Å². The lowest BCUT2D eigenvalue weighted by molar-refractivity contribution is 0.0237. The maximum absolute atomic E-state index is 13.7. The SMILES string of the molecule is CC(C)(F)Cn1ncc2c1CN(C(=O)OC(C)(C)C)C2. The van der Waals surface area contributed by atoms with Gasteiger partial charge in [0.15, 0.2) is 0 Å². The second-order valence-corrected chi connectivity index (χ2v) is 6.83. The smallest absolute Gasteiger partial charge is 0.410 e. The van der Waals surface area contributed by atoms with Gasteiger partial charge in [0.25, 0.3) is 0 Å². The lowest BCUT2D eigenvalue weighted by Gasteiger charge is -2.24. The van der Waals surface area contributed by atoms with Gasteiger partial charge in [0.1, 0.15) is 11.3 Å². The summed E-state index contributed by atoms with van der Waals surface area (Å²) < 4.78 is 20.7. The summed E-state index contributed by atoms with van der Waals surface area (Å²) in [6.07, 6.45) is 1.35. The van der Waals surface area contributed by atoms with Gasteiger partial charge in [0.05, 0.1) is 31.5 Å². The Labute approximate surface area is 118 Å². The average Bonchev–Trinajstić information content (AvgIpc) is 2.75. The molecule has 0 aliphatic carbocycles. The van der Waals surface area contributed by atoms with E-state index < -0.39 is 11.3 Å². The summed E-state index contributed by atoms with van der Waals surface area (Å²) in [7, 11) is 0. The first-order valence-electron chi connectivity index (χ1n) is 6.75. The highest BCUT2D eigenvalue weighted by atomic mass is 19.1. The minimum atomic E-state index is -1.33. The van der Waals surface area contributed by atoms with Crippen molar-refractivity contribution in [1.82, 2.24) is 14.7 Å². The summed E-state index contributed by atoms with van der Waals surface area (Å²) in [5.41, 5.74) is -0.000464. The van der Waals surface area contributed by atoms with Crippen LogP contribution >= 0.6 is 0 Å². The summed E-state index contributed by atoms with van der Waals surface area (Å²) in [6.45, 7) is 9.61. The van der Waals surface area contributed by atoms with Gasteiger partial charge in [-0.05, 0) is 34.6 Å². The second kappa shape index (κ2) is 4.75. The van der Waals surface area contributed by atoms with Gasteiger partial charge in [-0.3, -0.25) is 9.58 Å². The predicted octanol–water partition coefficient (Wildman–Crippen LogP) is 2.88.